The standard InChI is InChI=1S/C27H20Br2Cl2N2O5/c1-3-37-23-11-15(10-20(29)24(23)38-13-16-4-6-18(30)12-21(16)31)9-19-25(34)32-27(36)33(26(19)35)22-7-5-17(28)8-14(22)2/h4-12H,3,13H2,1-2H3,(H,32,34,36)/b19-9-. The van der Waals surface area contributed by atoms with Gasteiger partial charge >= 0.3 is 6.03 Å². The number of nitrogens with zero attached hydrogens (tertiary/aromatic N) is 1. The van der Waals surface area contributed by atoms with Gasteiger partial charge in [0.15, 0.2) is 11.5 Å². The van der Waals surface area contributed by atoms with Crippen LogP contribution in [0.1, 0.15) is 23.6 Å². The SMILES string of the molecule is CCOc1cc(/C=C2/C(=O)NC(=O)N(c3ccc(Br)cc3C)C2=O)cc(Br)c1OCc1ccc(Cl)cc1Cl. The van der Waals surface area contributed by atoms with Crippen molar-refractivity contribution in [3.8, 4) is 11.5 Å². The molecule has 1 fully saturated rings. The molecular formula is C27H20Br2Cl2N2O5. The number of nitrogens with one attached hydrogen (secondary N) is 1. The lowest BCUT2D eigenvalue weighted by atomic mass is 10.1. The molecule has 0 aromatic heterocycles. The van der Waals surface area contributed by atoms with Gasteiger partial charge in [-0.25, -0.2) is 9.69 Å². The zero-order chi connectivity index (χ0) is 27.6. The van der Waals surface area contributed by atoms with Crippen molar-refractivity contribution in [3.63, 3.8) is 0 Å². The van der Waals surface area contributed by atoms with Crippen LogP contribution in [0.25, 0.3) is 6.08 Å². The predicted octanol–water partition coefficient (Wildman–Crippen LogP) is 7.47. The Morgan fingerprint density at radius 2 is 1.76 bits per heavy atom. The normalized spacial score (nSPS) is 14.6. The quantitative estimate of drug-likeness (QED) is 0.207. The second-order valence-corrected chi connectivity index (χ2v) is 10.8. The van der Waals surface area contributed by atoms with Gasteiger partial charge in [0.25, 0.3) is 11.8 Å². The average molecular weight is 683 g/mol. The maximum atomic E-state index is 13.3. The summed E-state index contributed by atoms with van der Waals surface area (Å²) in [4.78, 5) is 39.5. The first-order chi connectivity index (χ1) is 18.1. The molecule has 1 N–H and O–H groups in total. The van der Waals surface area contributed by atoms with Crippen LogP contribution in [0, 0.1) is 6.92 Å². The summed E-state index contributed by atoms with van der Waals surface area (Å²) in [7, 11) is 0. The number of hydrogen-bond acceptors (Lipinski definition) is 5. The van der Waals surface area contributed by atoms with E-state index in [-0.39, 0.29) is 12.2 Å². The number of benzene rings is 3. The van der Waals surface area contributed by atoms with E-state index in [1.165, 1.54) is 6.08 Å². The number of carbonyl (C=O) groups excluding carboxylic acids is 3. The number of rotatable bonds is 7. The minimum Gasteiger partial charge on any atom is -0.490 e. The molecule has 11 heteroatoms. The van der Waals surface area contributed by atoms with Crippen molar-refractivity contribution in [3.05, 3.63) is 89.8 Å². The summed E-state index contributed by atoms with van der Waals surface area (Å²) in [6.45, 7) is 4.08. The van der Waals surface area contributed by atoms with Gasteiger partial charge in [-0.05, 0) is 89.4 Å². The van der Waals surface area contributed by atoms with Gasteiger partial charge in [-0.15, -0.1) is 0 Å². The Labute approximate surface area is 245 Å². The van der Waals surface area contributed by atoms with E-state index < -0.39 is 17.8 Å². The van der Waals surface area contributed by atoms with Crippen molar-refractivity contribution in [1.82, 2.24) is 5.32 Å². The molecule has 4 amide bonds. The summed E-state index contributed by atoms with van der Waals surface area (Å²) in [5, 5.41) is 3.23. The minimum atomic E-state index is -0.816. The van der Waals surface area contributed by atoms with Gasteiger partial charge in [0.1, 0.15) is 12.2 Å². The Balaban J connectivity index is 1.67. The lowest BCUT2D eigenvalue weighted by Crippen LogP contribution is -2.54. The molecule has 3 aromatic carbocycles. The van der Waals surface area contributed by atoms with Gasteiger partial charge in [0.2, 0.25) is 0 Å². The lowest BCUT2D eigenvalue weighted by molar-refractivity contribution is -0.122. The van der Waals surface area contributed by atoms with E-state index in [1.54, 1.807) is 55.5 Å². The fourth-order valence-electron chi connectivity index (χ4n) is 3.78. The molecule has 7 nitrogen and oxygen atoms in total. The first-order valence-electron chi connectivity index (χ1n) is 11.3. The third-order valence-corrected chi connectivity index (χ3v) is 7.20. The van der Waals surface area contributed by atoms with Crippen molar-refractivity contribution in [2.45, 2.75) is 20.5 Å². The predicted molar refractivity (Wildman–Crippen MR) is 154 cm³/mol. The van der Waals surface area contributed by atoms with E-state index in [0.29, 0.717) is 49.4 Å². The Bertz CT molecular complexity index is 1490. The highest BCUT2D eigenvalue weighted by Crippen LogP contribution is 2.39. The Morgan fingerprint density at radius 1 is 1.00 bits per heavy atom. The maximum absolute atomic E-state index is 13.3. The molecule has 1 heterocycles. The lowest BCUT2D eigenvalue weighted by Gasteiger charge is -2.27. The molecule has 0 radical (unpaired) electrons. The van der Waals surface area contributed by atoms with Crippen LogP contribution >= 0.6 is 55.1 Å². The number of ether oxygens (including phenoxy) is 2. The van der Waals surface area contributed by atoms with Crippen LogP contribution in [0.15, 0.2) is 63.0 Å². The minimum absolute atomic E-state index is 0.152. The van der Waals surface area contributed by atoms with Crippen LogP contribution in [0.5, 0.6) is 11.5 Å². The topological polar surface area (TPSA) is 84.9 Å². The monoisotopic (exact) mass is 680 g/mol. The third-order valence-electron chi connectivity index (χ3n) is 5.53. The van der Waals surface area contributed by atoms with E-state index in [2.05, 4.69) is 37.2 Å². The zero-order valence-corrected chi connectivity index (χ0v) is 24.8. The highest BCUT2D eigenvalue weighted by Gasteiger charge is 2.37. The number of carbonyl (C=O) groups is 3. The smallest absolute Gasteiger partial charge is 0.335 e. The van der Waals surface area contributed by atoms with Crippen LogP contribution in [-0.2, 0) is 16.2 Å². The summed E-state index contributed by atoms with van der Waals surface area (Å²) in [5.74, 6) is -0.727. The second-order valence-electron chi connectivity index (χ2n) is 8.18. The Hall–Kier alpha value is -2.85. The first kappa shape index (κ1) is 28.2. The number of aryl methyl sites for hydroxylation is 1. The van der Waals surface area contributed by atoms with Crippen molar-refractivity contribution in [2.75, 3.05) is 11.5 Å². The van der Waals surface area contributed by atoms with E-state index in [4.69, 9.17) is 32.7 Å². The maximum Gasteiger partial charge on any atom is 0.335 e. The highest BCUT2D eigenvalue weighted by atomic mass is 79.9. The number of anilines is 1. The van der Waals surface area contributed by atoms with E-state index in [0.717, 1.165) is 14.9 Å². The summed E-state index contributed by atoms with van der Waals surface area (Å²) in [6, 6.07) is 12.7. The summed E-state index contributed by atoms with van der Waals surface area (Å²) in [5.41, 5.74) is 2.06. The van der Waals surface area contributed by atoms with E-state index in [9.17, 15) is 14.4 Å². The number of hydrogen-bond donors (Lipinski definition) is 1. The molecule has 38 heavy (non-hydrogen) atoms. The van der Waals surface area contributed by atoms with Crippen LogP contribution in [0.3, 0.4) is 0 Å². The number of halogens is 4. The molecule has 1 saturated heterocycles. The Morgan fingerprint density at radius 3 is 2.45 bits per heavy atom. The molecule has 3 aromatic rings. The van der Waals surface area contributed by atoms with E-state index in [1.807, 2.05) is 6.92 Å². The second kappa shape index (κ2) is 11.9. The third kappa shape index (κ3) is 6.07. The van der Waals surface area contributed by atoms with Gasteiger partial charge in [-0.1, -0.05) is 45.2 Å². The molecule has 0 spiro atoms. The van der Waals surface area contributed by atoms with Crippen LogP contribution in [0.2, 0.25) is 10.0 Å². The molecule has 1 aliphatic heterocycles. The van der Waals surface area contributed by atoms with Gasteiger partial charge in [-0.3, -0.25) is 14.9 Å². The molecule has 0 aliphatic carbocycles. The number of amides is 4. The fourth-order valence-corrected chi connectivity index (χ4v) is 5.29. The van der Waals surface area contributed by atoms with Crippen LogP contribution < -0.4 is 19.7 Å². The van der Waals surface area contributed by atoms with Gasteiger partial charge in [0.05, 0.1) is 16.8 Å². The average Bonchev–Trinajstić information content (AvgIpc) is 2.83. The zero-order valence-electron chi connectivity index (χ0n) is 20.1. The highest BCUT2D eigenvalue weighted by molar-refractivity contribution is 9.10. The molecule has 0 atom stereocenters. The molecule has 4 rings (SSSR count). The van der Waals surface area contributed by atoms with E-state index >= 15 is 0 Å². The summed E-state index contributed by atoms with van der Waals surface area (Å²) in [6.07, 6.45) is 1.40. The van der Waals surface area contributed by atoms with Crippen molar-refractivity contribution in [1.29, 1.82) is 0 Å². The molecule has 0 unspecified atom stereocenters. The van der Waals surface area contributed by atoms with Crippen LogP contribution in [-0.4, -0.2) is 24.5 Å². The fraction of sp³-hybridized carbons (Fsp3) is 0.148. The molecular weight excluding hydrogens is 663 g/mol. The number of barbiturate groups is 1. The van der Waals surface area contributed by atoms with Crippen LogP contribution in [0.4, 0.5) is 10.5 Å². The van der Waals surface area contributed by atoms with Gasteiger partial charge in [-0.2, -0.15) is 0 Å². The first-order valence-corrected chi connectivity index (χ1v) is 13.6. The van der Waals surface area contributed by atoms with Gasteiger partial charge < -0.3 is 9.47 Å². The Kier molecular flexibility index (Phi) is 8.82. The number of imide groups is 2. The van der Waals surface area contributed by atoms with Crippen molar-refractivity contribution in [2.24, 2.45) is 0 Å². The molecule has 0 saturated carbocycles. The summed E-state index contributed by atoms with van der Waals surface area (Å²) < 4.78 is 13.1. The summed E-state index contributed by atoms with van der Waals surface area (Å²) >= 11 is 19.1. The van der Waals surface area contributed by atoms with Crippen molar-refractivity contribution < 1.29 is 23.9 Å². The van der Waals surface area contributed by atoms with Gasteiger partial charge in [0, 0.05) is 20.1 Å². The largest absolute Gasteiger partial charge is 0.490 e. The molecule has 1 aliphatic rings. The molecule has 0 bridgehead atoms. The number of urea groups is 1. The molecule has 196 valence electrons. The van der Waals surface area contributed by atoms with Crippen molar-refractivity contribution >= 4 is 84.7 Å².